The van der Waals surface area contributed by atoms with E-state index < -0.39 is 4.92 Å². The van der Waals surface area contributed by atoms with E-state index in [2.05, 4.69) is 20.9 Å². The van der Waals surface area contributed by atoms with Gasteiger partial charge in [-0.05, 0) is 31.0 Å². The molecule has 1 aromatic carbocycles. The van der Waals surface area contributed by atoms with E-state index in [1.165, 1.54) is 19.1 Å². The summed E-state index contributed by atoms with van der Waals surface area (Å²) >= 11 is 12.6. The molecule has 1 fully saturated rings. The van der Waals surface area contributed by atoms with Gasteiger partial charge in [0.1, 0.15) is 5.82 Å². The molecule has 0 unspecified atom stereocenters. The molecule has 0 aliphatic carbocycles. The lowest BCUT2D eigenvalue weighted by Gasteiger charge is -2.16. The van der Waals surface area contributed by atoms with Crippen molar-refractivity contribution < 1.29 is 14.5 Å². The van der Waals surface area contributed by atoms with Crippen molar-refractivity contribution in [1.29, 1.82) is 0 Å². The Labute approximate surface area is 241 Å². The number of nitro groups is 1. The van der Waals surface area contributed by atoms with Crippen LogP contribution in [0.5, 0.6) is 0 Å². The molecular formula is C26H30Cl2N8O4. The number of likely N-dealkylation sites (tertiary alicyclic amines) is 1. The lowest BCUT2D eigenvalue weighted by atomic mass is 10.1. The van der Waals surface area contributed by atoms with E-state index in [1.54, 1.807) is 12.1 Å². The molecule has 2 amide bonds. The number of hydrogen-bond acceptors (Lipinski definition) is 8. The molecule has 1 atom stereocenters. The third-order valence-electron chi connectivity index (χ3n) is 6.42. The van der Waals surface area contributed by atoms with Gasteiger partial charge >= 0.3 is 5.69 Å². The van der Waals surface area contributed by atoms with Gasteiger partial charge in [0.25, 0.3) is 0 Å². The van der Waals surface area contributed by atoms with Gasteiger partial charge in [-0.2, -0.15) is 0 Å². The minimum absolute atomic E-state index is 0.0427. The average Bonchev–Trinajstić information content (AvgIpc) is 3.47. The van der Waals surface area contributed by atoms with Gasteiger partial charge in [0.05, 0.1) is 22.2 Å². The summed E-state index contributed by atoms with van der Waals surface area (Å²) in [6.07, 6.45) is 5.25. The van der Waals surface area contributed by atoms with Crippen LogP contribution in [0.25, 0.3) is 11.1 Å². The molecule has 3 heterocycles. The van der Waals surface area contributed by atoms with E-state index in [0.717, 1.165) is 24.1 Å². The number of aromatic nitrogens is 2. The molecular weight excluding hydrogens is 559 g/mol. The molecule has 14 heteroatoms. The summed E-state index contributed by atoms with van der Waals surface area (Å²) in [4.78, 5) is 40.7. The molecule has 2 aromatic heterocycles. The molecule has 212 valence electrons. The number of halogens is 2. The quantitative estimate of drug-likeness (QED) is 0.148. The number of nitrogen functional groups attached to an aromatic ring is 1. The van der Waals surface area contributed by atoms with E-state index in [1.807, 2.05) is 27.9 Å². The van der Waals surface area contributed by atoms with Gasteiger partial charge in [0.15, 0.2) is 0 Å². The Morgan fingerprint density at radius 3 is 2.70 bits per heavy atom. The summed E-state index contributed by atoms with van der Waals surface area (Å²) in [5, 5.41) is 20.9. The molecule has 1 saturated heterocycles. The number of carbonyl (C=O) groups excluding carboxylic acids is 2. The molecule has 3 aromatic rings. The monoisotopic (exact) mass is 588 g/mol. The smallest absolute Gasteiger partial charge is 0.311 e. The summed E-state index contributed by atoms with van der Waals surface area (Å²) < 4.78 is 1.96. The number of nitrogens with two attached hydrogens (primary N) is 1. The highest BCUT2D eigenvalue weighted by atomic mass is 35.5. The highest BCUT2D eigenvalue weighted by Crippen LogP contribution is 2.36. The fraction of sp³-hybridized carbons (Fsp3) is 0.346. The molecule has 40 heavy (non-hydrogen) atoms. The molecule has 1 aliphatic rings. The zero-order valence-electron chi connectivity index (χ0n) is 21.8. The van der Waals surface area contributed by atoms with Crippen LogP contribution < -0.4 is 21.7 Å². The van der Waals surface area contributed by atoms with Crippen molar-refractivity contribution in [2.24, 2.45) is 0 Å². The Kier molecular flexibility index (Phi) is 9.46. The van der Waals surface area contributed by atoms with Gasteiger partial charge in [-0.3, -0.25) is 24.6 Å². The van der Waals surface area contributed by atoms with Crippen LogP contribution in [0, 0.1) is 10.1 Å². The van der Waals surface area contributed by atoms with E-state index in [-0.39, 0.29) is 35.9 Å². The first kappa shape index (κ1) is 29.1. The van der Waals surface area contributed by atoms with Gasteiger partial charge in [0, 0.05) is 73.8 Å². The van der Waals surface area contributed by atoms with Crippen molar-refractivity contribution in [3.05, 3.63) is 62.9 Å². The Bertz CT molecular complexity index is 1410. The number of aryl methyl sites for hydroxylation is 1. The van der Waals surface area contributed by atoms with E-state index in [0.29, 0.717) is 47.6 Å². The standard InChI is InChI=1S/C26H30Cl2N8O4/c1-16(37)31-18-7-10-35(12-18)15-25(38)32-22-14-34(13-20(22)19-4-3-17(27)11-21(19)28)9-2-8-30-24-6-5-23(36(39)40)26(29)33-24/h3-6,11,13-14,18H,2,7-10,12,15H2,1H3,(H,31,37)(H,32,38)(H3,29,30,33)/t18-/m0/s1. The SMILES string of the molecule is CC(=O)N[C@H]1CCN(CC(=O)Nc2cn(CCCNc3ccc([N+](=O)[O-])c(N)n3)cc2-c2ccc(Cl)cc2Cl)C1. The lowest BCUT2D eigenvalue weighted by Crippen LogP contribution is -2.37. The van der Waals surface area contributed by atoms with Crippen molar-refractivity contribution in [3.8, 4) is 11.1 Å². The van der Waals surface area contributed by atoms with Crippen LogP contribution in [-0.4, -0.2) is 63.4 Å². The average molecular weight is 589 g/mol. The fourth-order valence-corrected chi connectivity index (χ4v) is 5.14. The molecule has 0 saturated carbocycles. The van der Waals surface area contributed by atoms with Crippen molar-refractivity contribution in [2.75, 3.05) is 42.5 Å². The van der Waals surface area contributed by atoms with E-state index in [4.69, 9.17) is 28.9 Å². The van der Waals surface area contributed by atoms with E-state index >= 15 is 0 Å². The molecule has 4 rings (SSSR count). The molecule has 0 bridgehead atoms. The predicted octanol–water partition coefficient (Wildman–Crippen LogP) is 4.00. The van der Waals surface area contributed by atoms with Gasteiger partial charge in [-0.25, -0.2) is 4.98 Å². The van der Waals surface area contributed by atoms with Gasteiger partial charge in [-0.1, -0.05) is 29.3 Å². The number of amides is 2. The minimum atomic E-state index is -0.577. The highest BCUT2D eigenvalue weighted by Gasteiger charge is 2.25. The normalized spacial score (nSPS) is 15.1. The van der Waals surface area contributed by atoms with Crippen LogP contribution in [0.1, 0.15) is 19.8 Å². The maximum Gasteiger partial charge on any atom is 0.311 e. The third-order valence-corrected chi connectivity index (χ3v) is 6.97. The van der Waals surface area contributed by atoms with Crippen LogP contribution in [0.3, 0.4) is 0 Å². The number of hydrogen-bond donors (Lipinski definition) is 4. The second-order valence-corrected chi connectivity index (χ2v) is 10.4. The summed E-state index contributed by atoms with van der Waals surface area (Å²) in [6, 6.07) is 8.07. The number of nitrogens with one attached hydrogen (secondary N) is 3. The van der Waals surface area contributed by atoms with Crippen molar-refractivity contribution in [1.82, 2.24) is 19.8 Å². The third kappa shape index (κ3) is 7.62. The number of benzene rings is 1. The summed E-state index contributed by atoms with van der Waals surface area (Å²) in [5.74, 6) is 0.0474. The zero-order valence-corrected chi connectivity index (χ0v) is 23.3. The van der Waals surface area contributed by atoms with Gasteiger partial charge < -0.3 is 26.3 Å². The Hall–Kier alpha value is -3.87. The van der Waals surface area contributed by atoms with Crippen molar-refractivity contribution in [3.63, 3.8) is 0 Å². The van der Waals surface area contributed by atoms with Crippen LogP contribution in [0.15, 0.2) is 42.7 Å². The summed E-state index contributed by atoms with van der Waals surface area (Å²) in [7, 11) is 0. The first-order valence-corrected chi connectivity index (χ1v) is 13.4. The molecule has 0 spiro atoms. The largest absolute Gasteiger partial charge is 0.378 e. The Balaban J connectivity index is 1.41. The first-order valence-electron chi connectivity index (χ1n) is 12.7. The summed E-state index contributed by atoms with van der Waals surface area (Å²) in [6.45, 7) is 4.16. The first-order chi connectivity index (χ1) is 19.1. The second kappa shape index (κ2) is 13.0. The van der Waals surface area contributed by atoms with Crippen LogP contribution in [0.4, 0.5) is 23.0 Å². The fourth-order valence-electron chi connectivity index (χ4n) is 4.63. The number of rotatable bonds is 11. The number of pyridine rings is 1. The lowest BCUT2D eigenvalue weighted by molar-refractivity contribution is -0.384. The molecule has 0 radical (unpaired) electrons. The highest BCUT2D eigenvalue weighted by molar-refractivity contribution is 6.36. The Morgan fingerprint density at radius 2 is 2.00 bits per heavy atom. The zero-order chi connectivity index (χ0) is 28.8. The molecule has 1 aliphatic heterocycles. The number of anilines is 3. The number of nitrogens with zero attached hydrogens (tertiary/aromatic N) is 4. The Morgan fingerprint density at radius 1 is 1.20 bits per heavy atom. The second-order valence-electron chi connectivity index (χ2n) is 9.56. The summed E-state index contributed by atoms with van der Waals surface area (Å²) in [5.41, 5.74) is 7.53. The predicted molar refractivity (Wildman–Crippen MR) is 156 cm³/mol. The van der Waals surface area contributed by atoms with Crippen LogP contribution >= 0.6 is 23.2 Å². The maximum atomic E-state index is 13.0. The van der Waals surface area contributed by atoms with Gasteiger partial charge in [0.2, 0.25) is 17.6 Å². The topological polar surface area (TPSA) is 160 Å². The van der Waals surface area contributed by atoms with Crippen molar-refractivity contribution >= 4 is 58.0 Å². The molecule has 12 nitrogen and oxygen atoms in total. The molecule has 5 N–H and O–H groups in total. The van der Waals surface area contributed by atoms with Gasteiger partial charge in [-0.15, -0.1) is 0 Å². The maximum absolute atomic E-state index is 13.0. The number of carbonyl (C=O) groups is 2. The van der Waals surface area contributed by atoms with Crippen LogP contribution in [-0.2, 0) is 16.1 Å². The van der Waals surface area contributed by atoms with Crippen LogP contribution in [0.2, 0.25) is 10.0 Å². The minimum Gasteiger partial charge on any atom is -0.378 e. The van der Waals surface area contributed by atoms with E-state index in [9.17, 15) is 19.7 Å². The van der Waals surface area contributed by atoms with Crippen molar-refractivity contribution in [2.45, 2.75) is 32.4 Å².